The van der Waals surface area contributed by atoms with E-state index in [4.69, 9.17) is 14.9 Å². The molecule has 0 aromatic heterocycles. The van der Waals surface area contributed by atoms with Gasteiger partial charge in [0.1, 0.15) is 0 Å². The van der Waals surface area contributed by atoms with Gasteiger partial charge in [0.15, 0.2) is 0 Å². The molecule has 0 saturated heterocycles. The maximum absolute atomic E-state index is 10.5. The first-order valence-electron chi connectivity index (χ1n) is 5.53. The van der Waals surface area contributed by atoms with E-state index in [2.05, 4.69) is 4.74 Å². The summed E-state index contributed by atoms with van der Waals surface area (Å²) in [6, 6.07) is 0. The van der Waals surface area contributed by atoms with Crippen LogP contribution in [0.5, 0.6) is 0 Å². The first-order valence-corrected chi connectivity index (χ1v) is 5.53. The Morgan fingerprint density at radius 3 is 2.12 bits per heavy atom. The predicted molar refractivity (Wildman–Crippen MR) is 59.0 cm³/mol. The zero-order chi connectivity index (χ0) is 12.8. The smallest absolute Gasteiger partial charge is 0.450 e. The third-order valence-corrected chi connectivity index (χ3v) is 2.24. The molecule has 0 aromatic rings. The second-order valence-corrected chi connectivity index (χ2v) is 4.53. The van der Waals surface area contributed by atoms with Crippen LogP contribution in [-0.2, 0) is 14.5 Å². The lowest BCUT2D eigenvalue weighted by atomic mass is 10.0. The number of hydrogen-bond donors (Lipinski definition) is 1. The second-order valence-electron chi connectivity index (χ2n) is 4.53. The zero-order valence-electron chi connectivity index (χ0n) is 10.7. The highest BCUT2D eigenvalue weighted by molar-refractivity contribution is 5.57. The Morgan fingerprint density at radius 1 is 1.19 bits per heavy atom. The van der Waals surface area contributed by atoms with E-state index in [9.17, 15) is 4.79 Å². The maximum atomic E-state index is 10.5. The van der Waals surface area contributed by atoms with Crippen molar-refractivity contribution in [2.24, 2.45) is 0 Å². The predicted octanol–water partition coefficient (Wildman–Crippen LogP) is 3.33. The van der Waals surface area contributed by atoms with E-state index < -0.39 is 17.5 Å². The molecule has 0 aliphatic carbocycles. The third kappa shape index (κ3) is 5.92. The van der Waals surface area contributed by atoms with Crippen molar-refractivity contribution in [3.63, 3.8) is 0 Å². The minimum Gasteiger partial charge on any atom is -0.450 e. The highest BCUT2D eigenvalue weighted by Crippen LogP contribution is 2.24. The first-order chi connectivity index (χ1) is 7.24. The van der Waals surface area contributed by atoms with Crippen molar-refractivity contribution in [3.05, 3.63) is 0 Å². The summed E-state index contributed by atoms with van der Waals surface area (Å²) >= 11 is 0. The van der Waals surface area contributed by atoms with Gasteiger partial charge < -0.3 is 9.84 Å². The third-order valence-electron chi connectivity index (χ3n) is 2.24. The highest BCUT2D eigenvalue weighted by Gasteiger charge is 2.32. The van der Waals surface area contributed by atoms with Gasteiger partial charge in [-0.3, -0.25) is 0 Å². The van der Waals surface area contributed by atoms with Gasteiger partial charge in [0.2, 0.25) is 5.79 Å². The van der Waals surface area contributed by atoms with Crippen LogP contribution in [0.25, 0.3) is 0 Å². The number of ether oxygens (including phenoxy) is 1. The minimum absolute atomic E-state index is 0.376. The molecule has 0 saturated carbocycles. The van der Waals surface area contributed by atoms with Crippen LogP contribution in [0, 0.1) is 0 Å². The molecule has 0 aromatic carbocycles. The summed E-state index contributed by atoms with van der Waals surface area (Å²) in [5.74, 6) is -1.25. The minimum atomic E-state index is -1.37. The van der Waals surface area contributed by atoms with Crippen LogP contribution in [0.1, 0.15) is 53.9 Å². The molecule has 0 heterocycles. The van der Waals surface area contributed by atoms with Crippen LogP contribution in [0.15, 0.2) is 0 Å². The average Bonchev–Trinajstić information content (AvgIpc) is 2.14. The lowest BCUT2D eigenvalue weighted by Gasteiger charge is -2.30. The largest absolute Gasteiger partial charge is 0.508 e. The van der Waals surface area contributed by atoms with Crippen molar-refractivity contribution in [3.8, 4) is 0 Å². The lowest BCUT2D eigenvalue weighted by Crippen LogP contribution is -2.37. The van der Waals surface area contributed by atoms with Crippen molar-refractivity contribution in [1.29, 1.82) is 0 Å². The van der Waals surface area contributed by atoms with Gasteiger partial charge in [0.25, 0.3) is 0 Å². The fourth-order valence-corrected chi connectivity index (χ4v) is 1.18. The maximum Gasteiger partial charge on any atom is 0.508 e. The first kappa shape index (κ1) is 15.2. The number of rotatable bonds is 7. The van der Waals surface area contributed by atoms with Crippen LogP contribution in [0.4, 0.5) is 4.79 Å². The molecule has 0 radical (unpaired) electrons. The van der Waals surface area contributed by atoms with E-state index in [0.29, 0.717) is 6.42 Å². The van der Waals surface area contributed by atoms with E-state index in [0.717, 1.165) is 12.8 Å². The standard InChI is InChI=1S/C11H22O5/c1-6-8-10(3,4)15-16-11(5,7-2)14-9(12)13/h6-8H2,1-5H3,(H,12,13). The second kappa shape index (κ2) is 6.06. The summed E-state index contributed by atoms with van der Waals surface area (Å²) in [4.78, 5) is 20.8. The van der Waals surface area contributed by atoms with Gasteiger partial charge in [-0.05, 0) is 20.3 Å². The SMILES string of the molecule is CCCC(C)(C)OOC(C)(CC)OC(=O)O. The molecule has 1 atom stereocenters. The molecule has 0 spiro atoms. The molecule has 16 heavy (non-hydrogen) atoms. The van der Waals surface area contributed by atoms with Crippen LogP contribution in [0.2, 0.25) is 0 Å². The van der Waals surface area contributed by atoms with Gasteiger partial charge in [-0.2, -0.15) is 4.89 Å². The van der Waals surface area contributed by atoms with E-state index in [-0.39, 0.29) is 0 Å². The van der Waals surface area contributed by atoms with Crippen LogP contribution < -0.4 is 0 Å². The monoisotopic (exact) mass is 234 g/mol. The van der Waals surface area contributed by atoms with E-state index in [1.165, 1.54) is 6.92 Å². The number of hydrogen-bond acceptors (Lipinski definition) is 4. The molecule has 1 N–H and O–H groups in total. The summed E-state index contributed by atoms with van der Waals surface area (Å²) < 4.78 is 4.63. The lowest BCUT2D eigenvalue weighted by molar-refractivity contribution is -0.449. The van der Waals surface area contributed by atoms with Gasteiger partial charge in [-0.15, -0.1) is 0 Å². The van der Waals surface area contributed by atoms with Crippen LogP contribution in [0.3, 0.4) is 0 Å². The summed E-state index contributed by atoms with van der Waals surface area (Å²) in [7, 11) is 0. The topological polar surface area (TPSA) is 65.0 Å². The van der Waals surface area contributed by atoms with Crippen molar-refractivity contribution in [1.82, 2.24) is 0 Å². The molecule has 5 nitrogen and oxygen atoms in total. The normalized spacial score (nSPS) is 15.6. The summed E-state index contributed by atoms with van der Waals surface area (Å²) in [6.07, 6.45) is 0.779. The molecule has 0 rings (SSSR count). The molecule has 0 bridgehead atoms. The molecule has 0 amide bonds. The van der Waals surface area contributed by atoms with E-state index in [1.54, 1.807) is 6.92 Å². The van der Waals surface area contributed by atoms with Gasteiger partial charge in [-0.1, -0.05) is 20.3 Å². The summed E-state index contributed by atoms with van der Waals surface area (Å²) in [5.41, 5.74) is -0.451. The Morgan fingerprint density at radius 2 is 1.75 bits per heavy atom. The molecule has 5 heteroatoms. The molecular weight excluding hydrogens is 212 g/mol. The molecule has 1 unspecified atom stereocenters. The van der Waals surface area contributed by atoms with Gasteiger partial charge in [0, 0.05) is 13.3 Å². The van der Waals surface area contributed by atoms with Gasteiger partial charge >= 0.3 is 6.16 Å². The number of carboxylic acid groups (broad SMARTS) is 1. The molecule has 0 fully saturated rings. The Balaban J connectivity index is 4.27. The fraction of sp³-hybridized carbons (Fsp3) is 0.909. The van der Waals surface area contributed by atoms with Crippen molar-refractivity contribution < 1.29 is 24.4 Å². The van der Waals surface area contributed by atoms with Crippen LogP contribution >= 0.6 is 0 Å². The van der Waals surface area contributed by atoms with Crippen LogP contribution in [-0.4, -0.2) is 22.7 Å². The average molecular weight is 234 g/mol. The number of carbonyl (C=O) groups is 1. The molecular formula is C11H22O5. The van der Waals surface area contributed by atoms with Crippen molar-refractivity contribution >= 4 is 6.16 Å². The fourth-order valence-electron chi connectivity index (χ4n) is 1.18. The molecule has 0 aliphatic rings. The highest BCUT2D eigenvalue weighted by atomic mass is 17.2. The Labute approximate surface area is 96.6 Å². The zero-order valence-corrected chi connectivity index (χ0v) is 10.7. The molecule has 96 valence electrons. The Hall–Kier alpha value is -0.810. The quantitative estimate of drug-likeness (QED) is 0.317. The van der Waals surface area contributed by atoms with E-state index in [1.807, 2.05) is 20.8 Å². The molecule has 0 aliphatic heterocycles. The summed E-state index contributed by atoms with van der Waals surface area (Å²) in [5, 5.41) is 8.56. The van der Waals surface area contributed by atoms with Crippen molar-refractivity contribution in [2.75, 3.05) is 0 Å². The Bertz CT molecular complexity index is 226. The van der Waals surface area contributed by atoms with Gasteiger partial charge in [0.05, 0.1) is 5.60 Å². The van der Waals surface area contributed by atoms with E-state index >= 15 is 0 Å². The van der Waals surface area contributed by atoms with Crippen molar-refractivity contribution in [2.45, 2.75) is 65.3 Å². The summed E-state index contributed by atoms with van der Waals surface area (Å²) in [6.45, 7) is 9.10. The van der Waals surface area contributed by atoms with Gasteiger partial charge in [-0.25, -0.2) is 9.68 Å². The Kier molecular flexibility index (Phi) is 5.75.